The minimum Gasteiger partial charge on any atom is -0.444 e. The molecule has 3 fully saturated rings. The van der Waals surface area contributed by atoms with Crippen LogP contribution in [0.25, 0.3) is 65.4 Å². The summed E-state index contributed by atoms with van der Waals surface area (Å²) in [4.78, 5) is 79.7. The first-order chi connectivity index (χ1) is 42.4. The van der Waals surface area contributed by atoms with Crippen LogP contribution in [0.2, 0.25) is 0 Å². The Labute approximate surface area is 534 Å². The summed E-state index contributed by atoms with van der Waals surface area (Å²) in [6.45, 7) is 16.7. The highest BCUT2D eigenvalue weighted by Gasteiger charge is 2.28. The fraction of sp³-hybridized carbons (Fsp3) is 0.483. The Morgan fingerprint density at radius 3 is 1.24 bits per heavy atom. The number of fused-ring (bicyclic) bond motifs is 9. The highest BCUT2D eigenvalue weighted by molar-refractivity contribution is 7.98. The van der Waals surface area contributed by atoms with E-state index in [0.717, 1.165) is 169 Å². The van der Waals surface area contributed by atoms with Gasteiger partial charge in [-0.3, -0.25) is 28.4 Å². The van der Waals surface area contributed by atoms with E-state index in [1.54, 1.807) is 6.20 Å². The lowest BCUT2D eigenvalue weighted by Crippen LogP contribution is -2.41. The maximum absolute atomic E-state index is 12.1. The summed E-state index contributed by atoms with van der Waals surface area (Å²) in [5.74, 6) is -0.129. The van der Waals surface area contributed by atoms with E-state index in [9.17, 15) is 19.2 Å². The zero-order valence-electron chi connectivity index (χ0n) is 51.1. The zero-order valence-corrected chi connectivity index (χ0v) is 54.4. The maximum Gasteiger partial charge on any atom is 0.407 e. The van der Waals surface area contributed by atoms with Crippen LogP contribution in [0.3, 0.4) is 0 Å². The van der Waals surface area contributed by atoms with Crippen LogP contribution < -0.4 is 33.6 Å². The molecule has 3 aliphatic heterocycles. The summed E-state index contributed by atoms with van der Waals surface area (Å²) in [7, 11) is 0. The third-order valence-corrected chi connectivity index (χ3v) is 18.0. The monoisotopic (exact) mass is 1290 g/mol. The van der Waals surface area contributed by atoms with Crippen molar-refractivity contribution in [3.8, 4) is 0 Å². The molecule has 474 valence electrons. The van der Waals surface area contributed by atoms with Crippen molar-refractivity contribution < 1.29 is 23.9 Å². The summed E-state index contributed by atoms with van der Waals surface area (Å²) >= 11 is 4.46. The van der Waals surface area contributed by atoms with Gasteiger partial charge in [-0.25, -0.2) is 34.7 Å². The summed E-state index contributed by atoms with van der Waals surface area (Å²) in [6.07, 6.45) is 17.3. The number of rotatable bonds is 17. The molecule has 0 saturated carbocycles. The van der Waals surface area contributed by atoms with Gasteiger partial charge in [0, 0.05) is 96.7 Å². The van der Waals surface area contributed by atoms with Crippen molar-refractivity contribution in [1.82, 2.24) is 79.7 Å². The molecule has 0 radical (unpaired) electrons. The number of likely N-dealkylation sites (tertiary alicyclic amines) is 2. The highest BCUT2D eigenvalue weighted by atomic mass is 35.5. The molecule has 12 rings (SSSR count). The second kappa shape index (κ2) is 29.7. The van der Waals surface area contributed by atoms with Crippen molar-refractivity contribution in [3.63, 3.8) is 0 Å². The number of hydrogen-bond acceptors (Lipinski definition) is 21. The predicted octanol–water partition coefficient (Wildman–Crippen LogP) is 6.73. The van der Waals surface area contributed by atoms with Gasteiger partial charge in [0.15, 0.2) is 32.6 Å². The number of primary amides is 3. The Bertz CT molecular complexity index is 4000. The van der Waals surface area contributed by atoms with Crippen molar-refractivity contribution >= 4 is 137 Å². The number of aromatic nitrogens is 12. The van der Waals surface area contributed by atoms with E-state index in [2.05, 4.69) is 55.7 Å². The van der Waals surface area contributed by atoms with E-state index < -0.39 is 23.3 Å². The van der Waals surface area contributed by atoms with Crippen LogP contribution >= 0.6 is 47.7 Å². The minimum atomic E-state index is -0.542. The molecule has 29 heteroatoms. The highest BCUT2D eigenvalue weighted by Crippen LogP contribution is 2.33. The number of thioether (sulfide) groups is 3. The maximum atomic E-state index is 12.1. The number of nitrogens with zero attached hydrogens (tertiary/aromatic N) is 14. The standard InChI is InChI=1S/C24H33N7O3S.C19H25N7OS.C17H20N6OS.ClH/c1-24(2,3)34-23(33)26-9-12-30-10-7-15(8-11-30)14-31-20-17(19(29-31)21(25)32)6-5-16-13-27-22(35-4)28-18(16)20;1-28-19-22-10-13-2-3-14-16(18(21)27)24-26(17(14)15(13)23-19)11-12-4-7-25(8-5-12)9-6-20;1-25-17-20-8-11-2-3-12-14(16(18)24)22-23(15(12)13(11)21-17)9-10-4-6-19-7-5-10;/h5-6,13,15H,7-12,14H2,1-4H3,(H2,25,32)(H,26,33);2-3,10,12H,4-9,11,20H2,1H3,(H2,21,27);2-3,8,10,19H,4-7,9H2,1H3,(H2,18,24);1H. The van der Waals surface area contributed by atoms with Crippen LogP contribution in [-0.4, -0.2) is 183 Å². The van der Waals surface area contributed by atoms with Crippen LogP contribution in [0, 0.1) is 17.8 Å². The lowest BCUT2D eigenvalue weighted by atomic mass is 9.96. The number of nitrogens with one attached hydrogen (secondary N) is 2. The van der Waals surface area contributed by atoms with Crippen LogP contribution in [0.15, 0.2) is 70.5 Å². The lowest BCUT2D eigenvalue weighted by Gasteiger charge is -2.32. The summed E-state index contributed by atoms with van der Waals surface area (Å²) in [5.41, 5.74) is 27.9. The molecule has 4 amide bonds. The fourth-order valence-corrected chi connectivity index (χ4v) is 12.9. The number of halogens is 1. The zero-order chi connectivity index (χ0) is 62.2. The van der Waals surface area contributed by atoms with Crippen LogP contribution in [0.4, 0.5) is 4.79 Å². The molecule has 3 saturated heterocycles. The third kappa shape index (κ3) is 15.8. The summed E-state index contributed by atoms with van der Waals surface area (Å²) in [5, 5.41) is 27.0. The Morgan fingerprint density at radius 2 is 0.910 bits per heavy atom. The molecule has 25 nitrogen and oxygen atoms in total. The van der Waals surface area contributed by atoms with Crippen molar-refractivity contribution in [3.05, 3.63) is 72.1 Å². The molecule has 0 unspecified atom stereocenters. The molecule has 0 atom stereocenters. The molecule has 3 aliphatic rings. The van der Waals surface area contributed by atoms with Gasteiger partial charge in [0.2, 0.25) is 0 Å². The average Bonchev–Trinajstić information content (AvgIpc) is 1.73. The largest absolute Gasteiger partial charge is 0.444 e. The summed E-state index contributed by atoms with van der Waals surface area (Å²) in [6, 6.07) is 11.4. The SMILES string of the molecule is CSc1ncc2ccc3c(C(N)=O)nn(CC4CCN(CCN)CC4)c3c2n1.CSc1ncc2ccc3c(C(N)=O)nn(CC4CCN(CCNC(=O)OC(C)(C)C)CC4)c3c2n1.CSc1ncc2ccc3c(C(N)=O)nn(CC4CCNCC4)c3c2n1.Cl. The van der Waals surface area contributed by atoms with Gasteiger partial charge in [-0.2, -0.15) is 15.3 Å². The van der Waals surface area contributed by atoms with E-state index in [1.165, 1.54) is 35.3 Å². The molecular weight excluding hydrogens is 1210 g/mol. The van der Waals surface area contributed by atoms with E-state index in [4.69, 9.17) is 37.6 Å². The predicted molar refractivity (Wildman–Crippen MR) is 354 cm³/mol. The molecule has 9 aromatic rings. The molecular formula is C60H79ClN20O5S3. The first kappa shape index (κ1) is 66.4. The molecule has 3 aromatic carbocycles. The average molecular weight is 1290 g/mol. The van der Waals surface area contributed by atoms with Gasteiger partial charge in [-0.1, -0.05) is 53.5 Å². The van der Waals surface area contributed by atoms with Crippen molar-refractivity contribution in [2.24, 2.45) is 40.7 Å². The molecule has 6 aromatic heterocycles. The minimum absolute atomic E-state index is 0. The Kier molecular flexibility index (Phi) is 22.2. The van der Waals surface area contributed by atoms with Crippen molar-refractivity contribution in [1.29, 1.82) is 0 Å². The number of nitrogens with two attached hydrogens (primary N) is 4. The first-order valence-corrected chi connectivity index (χ1v) is 33.4. The Balaban J connectivity index is 0.000000160. The summed E-state index contributed by atoms with van der Waals surface area (Å²) < 4.78 is 11.0. The number of carbonyl (C=O) groups is 4. The fourth-order valence-electron chi connectivity index (χ4n) is 11.9. The van der Waals surface area contributed by atoms with Crippen LogP contribution in [0.5, 0.6) is 0 Å². The molecule has 9 heterocycles. The number of hydrogen-bond donors (Lipinski definition) is 6. The van der Waals surface area contributed by atoms with Gasteiger partial charge in [0.05, 0.1) is 16.6 Å². The van der Waals surface area contributed by atoms with Crippen LogP contribution in [-0.2, 0) is 24.4 Å². The van der Waals surface area contributed by atoms with Crippen molar-refractivity contribution in [2.45, 2.75) is 100 Å². The first-order valence-electron chi connectivity index (χ1n) is 29.7. The number of benzene rings is 3. The van der Waals surface area contributed by atoms with Gasteiger partial charge in [0.25, 0.3) is 17.7 Å². The van der Waals surface area contributed by atoms with Gasteiger partial charge in [-0.05, 0) is 153 Å². The number of carbonyl (C=O) groups excluding carboxylic acids is 4. The lowest BCUT2D eigenvalue weighted by molar-refractivity contribution is 0.0518. The molecule has 0 aliphatic carbocycles. The van der Waals surface area contributed by atoms with Gasteiger partial charge >= 0.3 is 6.09 Å². The van der Waals surface area contributed by atoms with Gasteiger partial charge in [0.1, 0.15) is 22.2 Å². The normalized spacial score (nSPS) is 15.7. The van der Waals surface area contributed by atoms with Crippen molar-refractivity contribution in [2.75, 3.05) is 84.2 Å². The molecule has 0 spiro atoms. The van der Waals surface area contributed by atoms with Crippen LogP contribution in [0.1, 0.15) is 90.8 Å². The Morgan fingerprint density at radius 1 is 0.562 bits per heavy atom. The van der Waals surface area contributed by atoms with Gasteiger partial charge in [-0.15, -0.1) is 12.4 Å². The Hall–Kier alpha value is -7.05. The number of ether oxygens (including phenoxy) is 1. The second-order valence-corrected chi connectivity index (χ2v) is 25.8. The number of piperidine rings is 3. The number of alkyl carbamates (subject to hydrolysis) is 1. The molecule has 0 bridgehead atoms. The third-order valence-electron chi connectivity index (χ3n) is 16.3. The smallest absolute Gasteiger partial charge is 0.407 e. The topological polar surface area (TPSA) is 343 Å². The van der Waals surface area contributed by atoms with E-state index >= 15 is 0 Å². The molecule has 89 heavy (non-hydrogen) atoms. The van der Waals surface area contributed by atoms with E-state index in [1.807, 2.05) is 102 Å². The van der Waals surface area contributed by atoms with Gasteiger partial charge < -0.3 is 48.1 Å². The number of amides is 4. The quantitative estimate of drug-likeness (QED) is 0.0406. The van der Waals surface area contributed by atoms with E-state index in [0.29, 0.717) is 64.2 Å². The second-order valence-electron chi connectivity index (χ2n) is 23.4. The van der Waals surface area contributed by atoms with E-state index in [-0.39, 0.29) is 24.2 Å². The molecule has 10 N–H and O–H groups in total.